The number of carboxylic acids is 1. The molecule has 0 saturated carbocycles. The lowest BCUT2D eigenvalue weighted by atomic mass is 9.96. The predicted molar refractivity (Wildman–Crippen MR) is 127 cm³/mol. The van der Waals surface area contributed by atoms with Crippen molar-refractivity contribution in [2.24, 2.45) is 0 Å². The van der Waals surface area contributed by atoms with Gasteiger partial charge in [-0.3, -0.25) is 0 Å². The number of fused-ring (bicyclic) bond motifs is 1. The highest BCUT2D eigenvalue weighted by Crippen LogP contribution is 2.46. The molecule has 0 aliphatic heterocycles. The zero-order valence-corrected chi connectivity index (χ0v) is 19.7. The number of H-pyrrole nitrogens is 1. The van der Waals surface area contributed by atoms with Crippen LogP contribution in [0.4, 0.5) is 13.2 Å². The number of imidazole rings is 1. The molecule has 0 bridgehead atoms. The average Bonchev–Trinajstić information content (AvgIpc) is 3.30. The molecule has 0 amide bonds. The summed E-state index contributed by atoms with van der Waals surface area (Å²) in [6, 6.07) is 11.3. The molecule has 0 fully saturated rings. The van der Waals surface area contributed by atoms with Gasteiger partial charge in [0.25, 0.3) is 0 Å². The first-order valence-corrected chi connectivity index (χ1v) is 11.7. The van der Waals surface area contributed by atoms with Gasteiger partial charge in [0, 0.05) is 11.1 Å². The molecule has 0 aliphatic rings. The fourth-order valence-corrected chi connectivity index (χ4v) is 5.28. The van der Waals surface area contributed by atoms with Gasteiger partial charge < -0.3 is 14.8 Å². The van der Waals surface area contributed by atoms with Crippen LogP contribution in [0.15, 0.2) is 59.9 Å². The fourth-order valence-electron chi connectivity index (χ4n) is 3.95. The number of pyridine rings is 1. The van der Waals surface area contributed by atoms with E-state index in [9.17, 15) is 18.0 Å². The topological polar surface area (TPSA) is 88.1 Å². The second kappa shape index (κ2) is 9.99. The summed E-state index contributed by atoms with van der Waals surface area (Å²) in [6.07, 6.45) is -0.785. The molecule has 10 heteroatoms. The Morgan fingerprint density at radius 2 is 1.97 bits per heavy atom. The third kappa shape index (κ3) is 5.27. The molecule has 0 radical (unpaired) electrons. The molecule has 0 saturated heterocycles. The van der Waals surface area contributed by atoms with Crippen LogP contribution in [0.5, 0.6) is 5.75 Å². The third-order valence-electron chi connectivity index (χ3n) is 5.62. The number of aryl methyl sites for hydroxylation is 1. The molecule has 182 valence electrons. The smallest absolute Gasteiger partial charge is 0.416 e. The van der Waals surface area contributed by atoms with Crippen LogP contribution in [0.1, 0.15) is 40.0 Å². The average molecular weight is 502 g/mol. The van der Waals surface area contributed by atoms with Gasteiger partial charge in [-0.05, 0) is 65.9 Å². The van der Waals surface area contributed by atoms with Crippen molar-refractivity contribution in [2.45, 2.75) is 36.6 Å². The fraction of sp³-hybridized carbons (Fsp3) is 0.240. The Morgan fingerprint density at radius 3 is 2.69 bits per heavy atom. The van der Waals surface area contributed by atoms with Crippen LogP contribution >= 0.6 is 11.8 Å². The van der Waals surface area contributed by atoms with E-state index >= 15 is 0 Å². The van der Waals surface area contributed by atoms with Crippen LogP contribution in [-0.2, 0) is 17.4 Å². The molecule has 1 unspecified atom stereocenters. The van der Waals surface area contributed by atoms with E-state index in [2.05, 4.69) is 15.0 Å². The Hall–Kier alpha value is -3.53. The maximum absolute atomic E-state index is 13.7. The SMILES string of the molecule is CCc1cc(SC(c2cccc(C(F)(F)F)c2C)c2ccnc3nc[nH]c23)ccc1OCC(=O)O. The summed E-state index contributed by atoms with van der Waals surface area (Å²) in [4.78, 5) is 23.2. The molecule has 4 aromatic rings. The summed E-state index contributed by atoms with van der Waals surface area (Å²) in [7, 11) is 0. The second-order valence-corrected chi connectivity index (χ2v) is 9.00. The van der Waals surface area contributed by atoms with Crippen molar-refractivity contribution in [3.8, 4) is 5.75 Å². The van der Waals surface area contributed by atoms with Gasteiger partial charge in [0.15, 0.2) is 12.3 Å². The number of aromatic nitrogens is 3. The number of alkyl halides is 3. The number of carboxylic acid groups (broad SMARTS) is 1. The van der Waals surface area contributed by atoms with E-state index in [1.807, 2.05) is 13.0 Å². The lowest BCUT2D eigenvalue weighted by Crippen LogP contribution is -2.11. The molecule has 2 heterocycles. The highest BCUT2D eigenvalue weighted by molar-refractivity contribution is 7.99. The Kier molecular flexibility index (Phi) is 7.02. The quantitative estimate of drug-likeness (QED) is 0.280. The normalized spacial score (nSPS) is 12.6. The van der Waals surface area contributed by atoms with Gasteiger partial charge in [0.05, 0.1) is 22.7 Å². The van der Waals surface area contributed by atoms with Crippen molar-refractivity contribution in [1.82, 2.24) is 15.0 Å². The number of benzene rings is 2. The Morgan fingerprint density at radius 1 is 1.17 bits per heavy atom. The van der Waals surface area contributed by atoms with E-state index in [4.69, 9.17) is 9.84 Å². The number of rotatable bonds is 8. The summed E-state index contributed by atoms with van der Waals surface area (Å²) in [5.41, 5.74) is 2.68. The third-order valence-corrected chi connectivity index (χ3v) is 6.89. The number of aliphatic carboxylic acids is 1. The molecular formula is C25H22F3N3O3S. The van der Waals surface area contributed by atoms with Gasteiger partial charge in [0.2, 0.25) is 0 Å². The predicted octanol–water partition coefficient (Wildman–Crippen LogP) is 6.19. The molecule has 4 rings (SSSR count). The van der Waals surface area contributed by atoms with Crippen LogP contribution in [0.25, 0.3) is 11.2 Å². The summed E-state index contributed by atoms with van der Waals surface area (Å²) in [5, 5.41) is 8.41. The number of hydrogen-bond donors (Lipinski definition) is 2. The summed E-state index contributed by atoms with van der Waals surface area (Å²) >= 11 is 1.39. The zero-order chi connectivity index (χ0) is 25.2. The van der Waals surface area contributed by atoms with E-state index in [0.29, 0.717) is 28.9 Å². The number of aromatic amines is 1. The van der Waals surface area contributed by atoms with E-state index < -0.39 is 29.6 Å². The van der Waals surface area contributed by atoms with E-state index in [-0.39, 0.29) is 5.56 Å². The summed E-state index contributed by atoms with van der Waals surface area (Å²) in [5.74, 6) is -0.613. The monoisotopic (exact) mass is 501 g/mol. The van der Waals surface area contributed by atoms with Crippen LogP contribution in [0.2, 0.25) is 0 Å². The van der Waals surface area contributed by atoms with Gasteiger partial charge >= 0.3 is 12.1 Å². The number of halogens is 3. The first kappa shape index (κ1) is 24.6. The standard InChI is InChI=1S/C25H22F3N3O3S/c1-3-15-11-16(7-8-20(15)34-12-21(32)33)35-23(18-9-10-29-24-22(18)30-13-31-24)17-5-4-6-19(14(17)2)25(26,27)28/h4-11,13,23H,3,12H2,1-2H3,(H,32,33)(H,29,30,31). The van der Waals surface area contributed by atoms with Crippen molar-refractivity contribution in [1.29, 1.82) is 0 Å². The number of hydrogen-bond acceptors (Lipinski definition) is 5. The van der Waals surface area contributed by atoms with Crippen molar-refractivity contribution in [2.75, 3.05) is 6.61 Å². The molecule has 2 aromatic heterocycles. The first-order chi connectivity index (χ1) is 16.7. The van der Waals surface area contributed by atoms with Crippen LogP contribution in [-0.4, -0.2) is 32.6 Å². The molecule has 2 N–H and O–H groups in total. The van der Waals surface area contributed by atoms with Gasteiger partial charge in [-0.1, -0.05) is 19.1 Å². The Balaban J connectivity index is 1.82. The van der Waals surface area contributed by atoms with Crippen molar-refractivity contribution >= 4 is 28.9 Å². The molecule has 6 nitrogen and oxygen atoms in total. The number of thioether (sulfide) groups is 1. The van der Waals surface area contributed by atoms with E-state index in [1.54, 1.807) is 30.5 Å². The zero-order valence-electron chi connectivity index (χ0n) is 18.9. The molecule has 35 heavy (non-hydrogen) atoms. The molecule has 1 atom stereocenters. The van der Waals surface area contributed by atoms with Gasteiger partial charge in [-0.15, -0.1) is 11.8 Å². The van der Waals surface area contributed by atoms with Gasteiger partial charge in [-0.25, -0.2) is 14.8 Å². The highest BCUT2D eigenvalue weighted by atomic mass is 32.2. The lowest BCUT2D eigenvalue weighted by molar-refractivity contribution is -0.139. The van der Waals surface area contributed by atoms with Crippen molar-refractivity contribution in [3.05, 3.63) is 82.8 Å². The summed E-state index contributed by atoms with van der Waals surface area (Å²) in [6.45, 7) is 2.95. The van der Waals surface area contributed by atoms with Crippen LogP contribution in [0, 0.1) is 6.92 Å². The van der Waals surface area contributed by atoms with Gasteiger partial charge in [0.1, 0.15) is 5.75 Å². The van der Waals surface area contributed by atoms with Crippen LogP contribution < -0.4 is 4.74 Å². The number of nitrogens with one attached hydrogen (secondary N) is 1. The minimum atomic E-state index is -4.48. The molecule has 0 spiro atoms. The minimum absolute atomic E-state index is 0.152. The van der Waals surface area contributed by atoms with E-state index in [0.717, 1.165) is 22.1 Å². The lowest BCUT2D eigenvalue weighted by Gasteiger charge is -2.23. The van der Waals surface area contributed by atoms with Crippen molar-refractivity contribution < 1.29 is 27.8 Å². The van der Waals surface area contributed by atoms with Crippen molar-refractivity contribution in [3.63, 3.8) is 0 Å². The number of carbonyl (C=O) groups is 1. The maximum Gasteiger partial charge on any atom is 0.416 e. The Labute approximate surface area is 203 Å². The minimum Gasteiger partial charge on any atom is -0.482 e. The first-order valence-electron chi connectivity index (χ1n) is 10.8. The molecule has 2 aromatic carbocycles. The second-order valence-electron chi connectivity index (χ2n) is 7.82. The Bertz CT molecular complexity index is 1370. The van der Waals surface area contributed by atoms with Crippen LogP contribution in [0.3, 0.4) is 0 Å². The number of nitrogens with zero attached hydrogens (tertiary/aromatic N) is 2. The largest absolute Gasteiger partial charge is 0.482 e. The summed E-state index contributed by atoms with van der Waals surface area (Å²) < 4.78 is 46.5. The van der Waals surface area contributed by atoms with E-state index in [1.165, 1.54) is 31.1 Å². The number of ether oxygens (including phenoxy) is 1. The maximum atomic E-state index is 13.7. The van der Waals surface area contributed by atoms with Gasteiger partial charge in [-0.2, -0.15) is 13.2 Å². The highest BCUT2D eigenvalue weighted by Gasteiger charge is 2.34. The molecule has 0 aliphatic carbocycles. The molecular weight excluding hydrogens is 479 g/mol.